The highest BCUT2D eigenvalue weighted by Gasteiger charge is 2.21. The minimum atomic E-state index is -4.58. The van der Waals surface area contributed by atoms with Crippen molar-refractivity contribution < 1.29 is 23.0 Å². The first-order valence-electron chi connectivity index (χ1n) is 8.14. The van der Waals surface area contributed by atoms with Crippen LogP contribution in [0.4, 0.5) is 17.1 Å². The normalized spacial score (nSPS) is 11.9. The summed E-state index contributed by atoms with van der Waals surface area (Å²) in [5, 5.41) is 29.9. The molecule has 0 aromatic heterocycles. The van der Waals surface area contributed by atoms with Gasteiger partial charge >= 0.3 is 0 Å². The fraction of sp³-hybridized carbons (Fsp3) is 0.111. The molecule has 10 heteroatoms. The Hall–Kier alpha value is -3.37. The fourth-order valence-corrected chi connectivity index (χ4v) is 3.61. The fourth-order valence-electron chi connectivity index (χ4n) is 2.89. The van der Waals surface area contributed by atoms with Gasteiger partial charge in [0.2, 0.25) is 0 Å². The third-order valence-corrected chi connectivity index (χ3v) is 5.05. The maximum Gasteiger partial charge on any atom is 0.299 e. The van der Waals surface area contributed by atoms with Gasteiger partial charge < -0.3 is 5.11 Å². The lowest BCUT2D eigenvalue weighted by atomic mass is 10.1. The van der Waals surface area contributed by atoms with Crippen molar-refractivity contribution in [3.63, 3.8) is 0 Å². The predicted octanol–water partition coefficient (Wildman–Crippen LogP) is 4.68. The Morgan fingerprint density at radius 3 is 2.36 bits per heavy atom. The lowest BCUT2D eigenvalue weighted by Crippen LogP contribution is -1.99. The van der Waals surface area contributed by atoms with E-state index in [4.69, 9.17) is 0 Å². The van der Waals surface area contributed by atoms with Crippen LogP contribution in [-0.2, 0) is 16.5 Å². The van der Waals surface area contributed by atoms with Gasteiger partial charge in [-0.3, -0.25) is 14.7 Å². The Bertz CT molecular complexity index is 1220. The number of hydrogen-bond donors (Lipinski definition) is 2. The summed E-state index contributed by atoms with van der Waals surface area (Å²) in [6.07, 6.45) is 0.427. The van der Waals surface area contributed by atoms with Crippen LogP contribution in [0.3, 0.4) is 0 Å². The molecule has 0 aliphatic heterocycles. The van der Waals surface area contributed by atoms with Crippen LogP contribution >= 0.6 is 0 Å². The van der Waals surface area contributed by atoms with E-state index in [-0.39, 0.29) is 27.8 Å². The van der Waals surface area contributed by atoms with Crippen molar-refractivity contribution in [3.05, 3.63) is 64.2 Å². The van der Waals surface area contributed by atoms with Gasteiger partial charge in [0.1, 0.15) is 16.3 Å². The summed E-state index contributed by atoms with van der Waals surface area (Å²) in [6.45, 7) is 1.77. The van der Waals surface area contributed by atoms with Gasteiger partial charge in [0.15, 0.2) is 5.69 Å². The average Bonchev–Trinajstić information content (AvgIpc) is 2.65. The van der Waals surface area contributed by atoms with E-state index < -0.39 is 25.7 Å². The smallest absolute Gasteiger partial charge is 0.299 e. The van der Waals surface area contributed by atoms with Crippen molar-refractivity contribution in [1.82, 2.24) is 0 Å². The van der Waals surface area contributed by atoms with Crippen molar-refractivity contribution in [2.24, 2.45) is 10.2 Å². The molecule has 0 atom stereocenters. The van der Waals surface area contributed by atoms with Gasteiger partial charge in [-0.1, -0.05) is 43.3 Å². The Morgan fingerprint density at radius 1 is 1.07 bits per heavy atom. The van der Waals surface area contributed by atoms with Crippen molar-refractivity contribution in [2.45, 2.75) is 18.2 Å². The molecule has 0 saturated carbocycles. The molecule has 0 fully saturated rings. The number of fused-ring (bicyclic) bond motifs is 1. The molecule has 3 rings (SSSR count). The zero-order valence-electron chi connectivity index (χ0n) is 14.6. The monoisotopic (exact) mass is 401 g/mol. The molecular weight excluding hydrogens is 386 g/mol. The SMILES string of the molecule is CCc1cccc(N=Nc2c(O)cc(S(=O)(=O)O)c3ccccc23)c1[N+](=O)[O-]. The summed E-state index contributed by atoms with van der Waals surface area (Å²) in [5.74, 6) is -0.538. The van der Waals surface area contributed by atoms with Gasteiger partial charge in [-0.05, 0) is 12.5 Å². The number of azo groups is 1. The number of phenols is 1. The van der Waals surface area contributed by atoms with Crippen LogP contribution in [0.25, 0.3) is 10.8 Å². The average molecular weight is 401 g/mol. The molecule has 0 spiro atoms. The number of phenolic OH excluding ortho intramolecular Hbond substituents is 1. The number of aromatic hydroxyl groups is 1. The predicted molar refractivity (Wildman–Crippen MR) is 102 cm³/mol. The van der Waals surface area contributed by atoms with Crippen LogP contribution < -0.4 is 0 Å². The second kappa shape index (κ2) is 7.33. The quantitative estimate of drug-likeness (QED) is 0.275. The summed E-state index contributed by atoms with van der Waals surface area (Å²) < 4.78 is 32.6. The van der Waals surface area contributed by atoms with E-state index >= 15 is 0 Å². The van der Waals surface area contributed by atoms with Gasteiger partial charge in [-0.25, -0.2) is 0 Å². The lowest BCUT2D eigenvalue weighted by molar-refractivity contribution is -0.384. The van der Waals surface area contributed by atoms with Crippen LogP contribution in [0.1, 0.15) is 12.5 Å². The molecule has 0 unspecified atom stereocenters. The molecule has 0 amide bonds. The molecule has 28 heavy (non-hydrogen) atoms. The number of aryl methyl sites for hydroxylation is 1. The summed E-state index contributed by atoms with van der Waals surface area (Å²) >= 11 is 0. The summed E-state index contributed by atoms with van der Waals surface area (Å²) in [7, 11) is -4.58. The van der Waals surface area contributed by atoms with Crippen molar-refractivity contribution in [2.75, 3.05) is 0 Å². The molecule has 2 N–H and O–H groups in total. The topological polar surface area (TPSA) is 142 Å². The van der Waals surface area contributed by atoms with Crippen LogP contribution in [0, 0.1) is 10.1 Å². The highest BCUT2D eigenvalue weighted by Crippen LogP contribution is 2.41. The van der Waals surface area contributed by atoms with Crippen LogP contribution in [-0.4, -0.2) is 23.0 Å². The lowest BCUT2D eigenvalue weighted by Gasteiger charge is -2.08. The van der Waals surface area contributed by atoms with Gasteiger partial charge in [-0.15, -0.1) is 10.2 Å². The van der Waals surface area contributed by atoms with E-state index in [2.05, 4.69) is 10.2 Å². The van der Waals surface area contributed by atoms with Crippen molar-refractivity contribution in [3.8, 4) is 5.75 Å². The first-order valence-corrected chi connectivity index (χ1v) is 9.58. The largest absolute Gasteiger partial charge is 0.506 e. The summed E-state index contributed by atoms with van der Waals surface area (Å²) in [4.78, 5) is 10.4. The van der Waals surface area contributed by atoms with E-state index in [9.17, 15) is 28.2 Å². The molecule has 0 saturated heterocycles. The molecule has 9 nitrogen and oxygen atoms in total. The first-order chi connectivity index (χ1) is 13.2. The van der Waals surface area contributed by atoms with Crippen LogP contribution in [0.15, 0.2) is 63.7 Å². The summed E-state index contributed by atoms with van der Waals surface area (Å²) in [5.41, 5.74) is 0.232. The minimum Gasteiger partial charge on any atom is -0.506 e. The number of hydrogen-bond acceptors (Lipinski definition) is 7. The van der Waals surface area contributed by atoms with E-state index in [1.165, 1.54) is 18.2 Å². The molecule has 0 heterocycles. The van der Waals surface area contributed by atoms with Gasteiger partial charge in [-0.2, -0.15) is 8.42 Å². The standard InChI is InChI=1S/C18H15N3O6S/c1-2-11-6-5-9-14(18(11)21(23)24)19-20-17-13-8-4-3-7-12(13)16(10-15(17)22)28(25,26)27/h3-10,22H,2H2,1H3,(H,25,26,27). The van der Waals surface area contributed by atoms with Gasteiger partial charge in [0, 0.05) is 22.4 Å². The van der Waals surface area contributed by atoms with Crippen molar-refractivity contribution >= 4 is 38.0 Å². The van der Waals surface area contributed by atoms with E-state index in [0.29, 0.717) is 12.0 Å². The molecule has 3 aromatic carbocycles. The molecule has 3 aromatic rings. The second-order valence-corrected chi connectivity index (χ2v) is 7.25. The zero-order valence-corrected chi connectivity index (χ0v) is 15.4. The number of para-hydroxylation sites is 1. The number of rotatable bonds is 5. The molecule has 0 bridgehead atoms. The molecular formula is C18H15N3O6S. The highest BCUT2D eigenvalue weighted by molar-refractivity contribution is 7.86. The Balaban J connectivity index is 2.23. The van der Waals surface area contributed by atoms with E-state index in [1.807, 2.05) is 0 Å². The molecule has 0 radical (unpaired) electrons. The summed E-state index contributed by atoms with van der Waals surface area (Å²) in [6, 6.07) is 11.6. The molecule has 0 aliphatic carbocycles. The third kappa shape index (κ3) is 3.55. The minimum absolute atomic E-state index is 0.00619. The Kier molecular flexibility index (Phi) is 5.08. The zero-order chi connectivity index (χ0) is 20.5. The van der Waals surface area contributed by atoms with Gasteiger partial charge in [0.05, 0.1) is 4.92 Å². The Labute approximate surface area is 159 Å². The maximum atomic E-state index is 11.6. The van der Waals surface area contributed by atoms with Crippen LogP contribution in [0.5, 0.6) is 5.75 Å². The first kappa shape index (κ1) is 19.4. The number of nitrogens with zero attached hydrogens (tertiary/aromatic N) is 3. The van der Waals surface area contributed by atoms with Crippen molar-refractivity contribution in [1.29, 1.82) is 0 Å². The second-order valence-electron chi connectivity index (χ2n) is 5.86. The van der Waals surface area contributed by atoms with Gasteiger partial charge in [0.25, 0.3) is 15.8 Å². The van der Waals surface area contributed by atoms with E-state index in [0.717, 1.165) is 6.07 Å². The molecule has 0 aliphatic rings. The third-order valence-electron chi connectivity index (χ3n) is 4.16. The number of benzene rings is 3. The Morgan fingerprint density at radius 2 is 1.75 bits per heavy atom. The van der Waals surface area contributed by atoms with Crippen LogP contribution in [0.2, 0.25) is 0 Å². The van der Waals surface area contributed by atoms with E-state index in [1.54, 1.807) is 31.2 Å². The number of nitro groups is 1. The highest BCUT2D eigenvalue weighted by atomic mass is 32.2. The number of nitro benzene ring substituents is 1. The molecule has 144 valence electrons. The maximum absolute atomic E-state index is 11.6.